The molecule has 0 saturated heterocycles. The standard InChI is InChI=1S/C22H38O4/c1-2-3-4-5-6-7-8-9-10-11-12-13-14-15-16-17-18-19-20(21(23)24)22(25)26/h17-19H,2-16H2,1H3,(H,23,24)(H,25,26). The Morgan fingerprint density at radius 1 is 0.654 bits per heavy atom. The lowest BCUT2D eigenvalue weighted by molar-refractivity contribution is -0.140. The van der Waals surface area contributed by atoms with E-state index < -0.39 is 17.5 Å². The maximum absolute atomic E-state index is 10.7. The molecule has 0 heterocycles. The number of carboxylic acids is 2. The zero-order valence-electron chi connectivity index (χ0n) is 16.5. The van der Waals surface area contributed by atoms with Crippen molar-refractivity contribution < 1.29 is 19.8 Å². The van der Waals surface area contributed by atoms with Crippen molar-refractivity contribution in [3.63, 3.8) is 0 Å². The van der Waals surface area contributed by atoms with E-state index in [1.165, 1.54) is 89.5 Å². The summed E-state index contributed by atoms with van der Waals surface area (Å²) in [4.78, 5) is 21.3. The van der Waals surface area contributed by atoms with E-state index in [-0.39, 0.29) is 0 Å². The fraction of sp³-hybridized carbons (Fsp3) is 0.727. The highest BCUT2D eigenvalue weighted by molar-refractivity contribution is 6.12. The second kappa shape index (κ2) is 18.2. The third-order valence-corrected chi connectivity index (χ3v) is 4.58. The van der Waals surface area contributed by atoms with Crippen molar-refractivity contribution >= 4 is 11.9 Å². The van der Waals surface area contributed by atoms with Gasteiger partial charge in [0.2, 0.25) is 0 Å². The average molecular weight is 367 g/mol. The van der Waals surface area contributed by atoms with E-state index in [0.29, 0.717) is 0 Å². The molecule has 4 heteroatoms. The third kappa shape index (κ3) is 15.9. The molecule has 0 spiro atoms. The van der Waals surface area contributed by atoms with Crippen LogP contribution in [0.5, 0.6) is 0 Å². The van der Waals surface area contributed by atoms with Crippen molar-refractivity contribution in [2.45, 2.75) is 103 Å². The van der Waals surface area contributed by atoms with Crippen molar-refractivity contribution in [1.82, 2.24) is 0 Å². The second-order valence-electron chi connectivity index (χ2n) is 7.00. The van der Waals surface area contributed by atoms with E-state index >= 15 is 0 Å². The molecule has 0 aliphatic carbocycles. The number of allylic oxidation sites excluding steroid dienone is 3. The van der Waals surface area contributed by atoms with Gasteiger partial charge in [0.15, 0.2) is 0 Å². The fourth-order valence-corrected chi connectivity index (χ4v) is 2.95. The minimum absolute atomic E-state index is 0.595. The minimum atomic E-state index is -1.40. The second-order valence-corrected chi connectivity index (χ2v) is 7.00. The van der Waals surface area contributed by atoms with Crippen molar-refractivity contribution in [2.24, 2.45) is 0 Å². The van der Waals surface area contributed by atoms with Crippen LogP contribution in [0.25, 0.3) is 0 Å². The van der Waals surface area contributed by atoms with Gasteiger partial charge in [-0.3, -0.25) is 0 Å². The molecule has 0 bridgehead atoms. The van der Waals surface area contributed by atoms with Crippen LogP contribution in [0.1, 0.15) is 103 Å². The summed E-state index contributed by atoms with van der Waals surface area (Å²) in [5.74, 6) is -2.81. The molecule has 0 aliphatic heterocycles. The first-order valence-electron chi connectivity index (χ1n) is 10.4. The van der Waals surface area contributed by atoms with Gasteiger partial charge in [-0.15, -0.1) is 0 Å². The van der Waals surface area contributed by atoms with Gasteiger partial charge in [-0.1, -0.05) is 103 Å². The fourth-order valence-electron chi connectivity index (χ4n) is 2.95. The van der Waals surface area contributed by atoms with Gasteiger partial charge in [0.25, 0.3) is 0 Å². The SMILES string of the molecule is CCCCCCCCCCCCCCCCC=CC=C(C(=O)O)C(=O)O. The molecule has 0 rings (SSSR count). The van der Waals surface area contributed by atoms with Crippen LogP contribution in [0.4, 0.5) is 0 Å². The monoisotopic (exact) mass is 366 g/mol. The maximum atomic E-state index is 10.7. The third-order valence-electron chi connectivity index (χ3n) is 4.58. The van der Waals surface area contributed by atoms with Gasteiger partial charge < -0.3 is 10.2 Å². The minimum Gasteiger partial charge on any atom is -0.477 e. The van der Waals surface area contributed by atoms with Crippen LogP contribution in [0.3, 0.4) is 0 Å². The van der Waals surface area contributed by atoms with Crippen molar-refractivity contribution in [3.05, 3.63) is 23.8 Å². The molecule has 0 saturated carbocycles. The summed E-state index contributed by atoms with van der Waals surface area (Å²) in [7, 11) is 0. The van der Waals surface area contributed by atoms with Gasteiger partial charge in [-0.25, -0.2) is 9.59 Å². The highest BCUT2D eigenvalue weighted by Crippen LogP contribution is 2.13. The van der Waals surface area contributed by atoms with Gasteiger partial charge in [0.1, 0.15) is 5.57 Å². The number of rotatable bonds is 18. The van der Waals surface area contributed by atoms with Crippen LogP contribution in [0.2, 0.25) is 0 Å². The Morgan fingerprint density at radius 3 is 1.42 bits per heavy atom. The predicted molar refractivity (Wildman–Crippen MR) is 107 cm³/mol. The van der Waals surface area contributed by atoms with Gasteiger partial charge in [-0.2, -0.15) is 0 Å². The van der Waals surface area contributed by atoms with Crippen LogP contribution in [0.15, 0.2) is 23.8 Å². The smallest absolute Gasteiger partial charge is 0.343 e. The average Bonchev–Trinajstić information content (AvgIpc) is 2.60. The number of hydrogen-bond donors (Lipinski definition) is 2. The molecule has 0 atom stereocenters. The Labute approximate surface area is 159 Å². The Hall–Kier alpha value is -1.58. The van der Waals surface area contributed by atoms with Crippen LogP contribution >= 0.6 is 0 Å². The lowest BCUT2D eigenvalue weighted by atomic mass is 10.0. The lowest BCUT2D eigenvalue weighted by Crippen LogP contribution is -2.10. The highest BCUT2D eigenvalue weighted by atomic mass is 16.4. The Bertz CT molecular complexity index is 408. The van der Waals surface area contributed by atoms with E-state index in [1.807, 2.05) is 6.08 Å². The zero-order valence-corrected chi connectivity index (χ0v) is 16.5. The Balaban J connectivity index is 3.39. The number of hydrogen-bond acceptors (Lipinski definition) is 2. The largest absolute Gasteiger partial charge is 0.477 e. The number of carboxylic acid groups (broad SMARTS) is 2. The summed E-state index contributed by atoms with van der Waals surface area (Å²) in [6, 6.07) is 0. The molecule has 4 nitrogen and oxygen atoms in total. The van der Waals surface area contributed by atoms with Gasteiger partial charge in [0, 0.05) is 0 Å². The maximum Gasteiger partial charge on any atom is 0.343 e. The molecule has 0 radical (unpaired) electrons. The lowest BCUT2D eigenvalue weighted by Gasteiger charge is -2.02. The molecule has 0 unspecified atom stereocenters. The van der Waals surface area contributed by atoms with E-state index in [4.69, 9.17) is 10.2 Å². The van der Waals surface area contributed by atoms with Crippen molar-refractivity contribution in [3.8, 4) is 0 Å². The zero-order chi connectivity index (χ0) is 19.5. The van der Waals surface area contributed by atoms with Crippen LogP contribution in [-0.2, 0) is 9.59 Å². The van der Waals surface area contributed by atoms with E-state index in [1.54, 1.807) is 0 Å². The number of unbranched alkanes of at least 4 members (excludes halogenated alkanes) is 14. The predicted octanol–water partition coefficient (Wildman–Crippen LogP) is 6.51. The van der Waals surface area contributed by atoms with Gasteiger partial charge >= 0.3 is 11.9 Å². The number of aliphatic carboxylic acids is 2. The first-order chi connectivity index (χ1) is 12.6. The Kier molecular flexibility index (Phi) is 17.1. The molecule has 150 valence electrons. The molecular formula is C22H38O4. The molecular weight excluding hydrogens is 328 g/mol. The molecule has 0 aliphatic rings. The van der Waals surface area contributed by atoms with Gasteiger partial charge in [-0.05, 0) is 18.9 Å². The quantitative estimate of drug-likeness (QED) is 0.0953. The highest BCUT2D eigenvalue weighted by Gasteiger charge is 2.13. The van der Waals surface area contributed by atoms with E-state index in [2.05, 4.69) is 6.92 Å². The number of carbonyl (C=O) groups is 2. The molecule has 2 N–H and O–H groups in total. The van der Waals surface area contributed by atoms with Crippen LogP contribution in [-0.4, -0.2) is 22.2 Å². The Morgan fingerprint density at radius 2 is 1.04 bits per heavy atom. The van der Waals surface area contributed by atoms with E-state index in [0.717, 1.165) is 18.9 Å². The topological polar surface area (TPSA) is 74.6 Å². The summed E-state index contributed by atoms with van der Waals surface area (Å²) in [5.41, 5.74) is -0.595. The van der Waals surface area contributed by atoms with E-state index in [9.17, 15) is 9.59 Å². The molecule has 0 aromatic rings. The summed E-state index contributed by atoms with van der Waals surface area (Å²) in [6.07, 6.45) is 23.9. The summed E-state index contributed by atoms with van der Waals surface area (Å²) < 4.78 is 0. The molecule has 26 heavy (non-hydrogen) atoms. The summed E-state index contributed by atoms with van der Waals surface area (Å²) in [6.45, 7) is 2.26. The summed E-state index contributed by atoms with van der Waals surface area (Å²) >= 11 is 0. The molecule has 0 amide bonds. The summed E-state index contributed by atoms with van der Waals surface area (Å²) in [5, 5.41) is 17.4. The molecule has 0 aromatic heterocycles. The molecule has 0 fully saturated rings. The molecule has 0 aromatic carbocycles. The van der Waals surface area contributed by atoms with Crippen molar-refractivity contribution in [2.75, 3.05) is 0 Å². The first-order valence-corrected chi connectivity index (χ1v) is 10.4. The normalized spacial score (nSPS) is 11.0. The van der Waals surface area contributed by atoms with Crippen molar-refractivity contribution in [1.29, 1.82) is 0 Å². The van der Waals surface area contributed by atoms with Crippen LogP contribution in [0, 0.1) is 0 Å². The first kappa shape index (κ1) is 24.4. The van der Waals surface area contributed by atoms with Crippen LogP contribution < -0.4 is 0 Å². The van der Waals surface area contributed by atoms with Gasteiger partial charge in [0.05, 0.1) is 0 Å².